The predicted octanol–water partition coefficient (Wildman–Crippen LogP) is 2.15. The van der Waals surface area contributed by atoms with Gasteiger partial charge >= 0.3 is 0 Å². The molecule has 16 heteroatoms. The molecule has 0 aliphatic heterocycles. The highest BCUT2D eigenvalue weighted by atomic mass is 35.5. The van der Waals surface area contributed by atoms with E-state index in [1.807, 2.05) is 19.1 Å². The summed E-state index contributed by atoms with van der Waals surface area (Å²) in [5, 5.41) is 12.4. The number of aromatic nitrogens is 1. The highest BCUT2D eigenvalue weighted by Crippen LogP contribution is 2.29. The van der Waals surface area contributed by atoms with Gasteiger partial charge in [0, 0.05) is 46.2 Å². The Bertz CT molecular complexity index is 1650. The van der Waals surface area contributed by atoms with Crippen LogP contribution >= 0.6 is 37.1 Å². The van der Waals surface area contributed by atoms with Crippen molar-refractivity contribution in [2.24, 2.45) is 0 Å². The quantitative estimate of drug-likeness (QED) is 0.0502. The fraction of sp³-hybridized carbons (Fsp3) is 0.344. The summed E-state index contributed by atoms with van der Waals surface area (Å²) in [6, 6.07) is 12.0. The van der Waals surface area contributed by atoms with Crippen molar-refractivity contribution in [2.75, 3.05) is 51.7 Å². The van der Waals surface area contributed by atoms with E-state index in [0.29, 0.717) is 62.4 Å². The minimum absolute atomic E-state index is 0.0620. The van der Waals surface area contributed by atoms with Crippen LogP contribution in [0.3, 0.4) is 0 Å². The third-order valence-corrected chi connectivity index (χ3v) is 7.82. The van der Waals surface area contributed by atoms with Crippen LogP contribution in [-0.4, -0.2) is 90.9 Å². The molecule has 3 rings (SSSR count). The van der Waals surface area contributed by atoms with Crippen molar-refractivity contribution in [1.29, 1.82) is 0 Å². The zero-order valence-corrected chi connectivity index (χ0v) is 29.2. The summed E-state index contributed by atoms with van der Waals surface area (Å²) in [7, 11) is 0. The zero-order chi connectivity index (χ0) is 35.2. The smallest absolute Gasteiger partial charge is 0.272 e. The summed E-state index contributed by atoms with van der Waals surface area (Å²) in [5.41, 5.74) is 3.50. The molecule has 1 aromatic heterocycles. The molecule has 0 atom stereocenters. The van der Waals surface area contributed by atoms with Crippen molar-refractivity contribution < 1.29 is 33.0 Å². The molecule has 2 aromatic carbocycles. The topological polar surface area (TPSA) is 160 Å². The summed E-state index contributed by atoms with van der Waals surface area (Å²) >= 11 is 13.7. The minimum Gasteiger partial charge on any atom is -0.379 e. The molecule has 0 radical (unpaired) electrons. The second-order valence-corrected chi connectivity index (χ2v) is 11.6. The first-order chi connectivity index (χ1) is 23.0. The number of amides is 4. The van der Waals surface area contributed by atoms with Crippen LogP contribution < -0.4 is 21.3 Å². The van der Waals surface area contributed by atoms with Crippen LogP contribution in [0.25, 0.3) is 10.9 Å². The Morgan fingerprint density at radius 2 is 1.54 bits per heavy atom. The number of nitrogens with zero attached hydrogens (tertiary/aromatic N) is 2. The van der Waals surface area contributed by atoms with Crippen molar-refractivity contribution >= 4 is 77.6 Å². The number of rotatable bonds is 18. The lowest BCUT2D eigenvalue weighted by Crippen LogP contribution is -2.47. The summed E-state index contributed by atoms with van der Waals surface area (Å²) in [6.45, 7) is 7.20. The molecule has 4 amide bonds. The number of carbonyl (C=O) groups excluding carboxylic acids is 5. The van der Waals surface area contributed by atoms with Crippen LogP contribution in [0, 0.1) is 13.8 Å². The lowest BCUT2D eigenvalue weighted by atomic mass is 10.1. The Morgan fingerprint density at radius 3 is 2.21 bits per heavy atom. The van der Waals surface area contributed by atoms with E-state index in [0.717, 1.165) is 5.56 Å². The fourth-order valence-corrected chi connectivity index (χ4v) is 4.90. The van der Waals surface area contributed by atoms with E-state index >= 15 is 0 Å². The van der Waals surface area contributed by atoms with E-state index in [1.165, 1.54) is 4.57 Å². The SMILES string of the molecule is C=C(CS)NCC(=O)NCC(=O)NCC(=O)N(OCCNCCOS)C(=O)Cc1c(C)n(C(=O)c2ccc(Cl)cc2)c2ccc(C)cc12. The maximum Gasteiger partial charge on any atom is 0.272 e. The maximum atomic E-state index is 13.7. The molecule has 1 heterocycles. The number of nitrogens with one attached hydrogen (secondary N) is 4. The largest absolute Gasteiger partial charge is 0.379 e. The second-order valence-electron chi connectivity index (χ2n) is 10.6. The first-order valence-electron chi connectivity index (χ1n) is 14.9. The Morgan fingerprint density at radius 1 is 0.896 bits per heavy atom. The number of halogens is 1. The number of hydroxylamine groups is 2. The number of carbonyl (C=O) groups is 5. The lowest BCUT2D eigenvalue weighted by Gasteiger charge is -2.21. The van der Waals surface area contributed by atoms with Crippen LogP contribution in [0.4, 0.5) is 0 Å². The monoisotopic (exact) mass is 718 g/mol. The lowest BCUT2D eigenvalue weighted by molar-refractivity contribution is -0.194. The summed E-state index contributed by atoms with van der Waals surface area (Å²) in [5.74, 6) is -2.63. The number of hydrogen-bond acceptors (Lipinski definition) is 11. The Hall–Kier alpha value is -3.86. The van der Waals surface area contributed by atoms with Gasteiger partial charge in [0.1, 0.15) is 0 Å². The number of aryl methyl sites for hydroxylation is 1. The van der Waals surface area contributed by atoms with Gasteiger partial charge in [-0.1, -0.05) is 29.8 Å². The Labute approximate surface area is 294 Å². The molecule has 0 unspecified atom stereocenters. The molecule has 0 aliphatic carbocycles. The maximum absolute atomic E-state index is 13.7. The molecular weight excluding hydrogens is 680 g/mol. The van der Waals surface area contributed by atoms with Gasteiger partial charge in [-0.2, -0.15) is 17.7 Å². The molecule has 0 aliphatic rings. The summed E-state index contributed by atoms with van der Waals surface area (Å²) in [6.07, 6.45) is -0.284. The second kappa shape index (κ2) is 19.2. The number of hydrogen-bond donors (Lipinski definition) is 6. The third-order valence-electron chi connectivity index (χ3n) is 7.01. The summed E-state index contributed by atoms with van der Waals surface area (Å²) in [4.78, 5) is 70.6. The molecule has 0 bridgehead atoms. The van der Waals surface area contributed by atoms with Crippen LogP contribution in [0.5, 0.6) is 0 Å². The van der Waals surface area contributed by atoms with Crippen LogP contribution in [0.2, 0.25) is 5.02 Å². The predicted molar refractivity (Wildman–Crippen MR) is 189 cm³/mol. The van der Waals surface area contributed by atoms with Gasteiger partial charge in [0.2, 0.25) is 11.8 Å². The van der Waals surface area contributed by atoms with E-state index in [1.54, 1.807) is 37.3 Å². The molecule has 0 fully saturated rings. The number of benzene rings is 2. The number of imide groups is 1. The van der Waals surface area contributed by atoms with Crippen molar-refractivity contribution in [3.63, 3.8) is 0 Å². The van der Waals surface area contributed by atoms with Gasteiger partial charge in [0.15, 0.2) is 0 Å². The highest BCUT2D eigenvalue weighted by molar-refractivity contribution is 7.80. The standard InChI is InChI=1S/C32H39ClN6O7S2/c1-20-4-9-27-26(14-20)25(22(3)38(27)32(44)23-5-7-24(33)8-6-23)15-30(42)39(45-12-10-34-11-13-46-48)31(43)18-37-29(41)17-36-28(40)16-35-21(2)19-47/h4-9,14,34-35,47-48H,2,10-13,15-19H2,1,3H3,(H,36,40)(H,37,41). The van der Waals surface area contributed by atoms with Crippen molar-refractivity contribution in [2.45, 2.75) is 20.3 Å². The van der Waals surface area contributed by atoms with Crippen molar-refractivity contribution in [3.05, 3.63) is 82.1 Å². The average molecular weight is 719 g/mol. The zero-order valence-electron chi connectivity index (χ0n) is 26.6. The van der Waals surface area contributed by atoms with E-state index in [-0.39, 0.29) is 32.0 Å². The number of fused-ring (bicyclic) bond motifs is 1. The summed E-state index contributed by atoms with van der Waals surface area (Å²) < 4.78 is 6.23. The molecule has 258 valence electrons. The van der Waals surface area contributed by atoms with Crippen molar-refractivity contribution in [3.8, 4) is 0 Å². The van der Waals surface area contributed by atoms with E-state index < -0.39 is 36.7 Å². The third kappa shape index (κ3) is 11.1. The molecule has 0 spiro atoms. The normalized spacial score (nSPS) is 10.9. The molecular formula is C32H39ClN6O7S2. The van der Waals surface area contributed by atoms with Gasteiger partial charge < -0.3 is 25.5 Å². The van der Waals surface area contributed by atoms with Crippen LogP contribution in [0.1, 0.15) is 27.2 Å². The molecule has 13 nitrogen and oxygen atoms in total. The molecule has 0 saturated carbocycles. The van der Waals surface area contributed by atoms with Crippen LogP contribution in [-0.2, 0) is 34.6 Å². The molecule has 3 aromatic rings. The first-order valence-corrected chi connectivity index (χ1v) is 16.3. The molecule has 0 saturated heterocycles. The van der Waals surface area contributed by atoms with Gasteiger partial charge in [-0.15, -0.1) is 0 Å². The van der Waals surface area contributed by atoms with E-state index in [2.05, 4.69) is 53.4 Å². The minimum atomic E-state index is -0.833. The van der Waals surface area contributed by atoms with Gasteiger partial charge in [-0.05, 0) is 68.7 Å². The van der Waals surface area contributed by atoms with Crippen molar-refractivity contribution in [1.82, 2.24) is 30.9 Å². The van der Waals surface area contributed by atoms with Crippen LogP contribution in [0.15, 0.2) is 54.7 Å². The van der Waals surface area contributed by atoms with Gasteiger partial charge in [0.05, 0.1) is 44.8 Å². The van der Waals surface area contributed by atoms with E-state index in [9.17, 15) is 24.0 Å². The fourth-order valence-electron chi connectivity index (χ4n) is 4.57. The number of thiol groups is 2. The first kappa shape index (κ1) is 38.6. The van der Waals surface area contributed by atoms with Gasteiger partial charge in [-0.3, -0.25) is 33.4 Å². The highest BCUT2D eigenvalue weighted by Gasteiger charge is 2.27. The van der Waals surface area contributed by atoms with Gasteiger partial charge in [0.25, 0.3) is 17.7 Å². The Kier molecular flexibility index (Phi) is 15.4. The molecule has 48 heavy (non-hydrogen) atoms. The molecule has 4 N–H and O–H groups in total. The van der Waals surface area contributed by atoms with E-state index in [4.69, 9.17) is 20.6 Å². The van der Waals surface area contributed by atoms with Gasteiger partial charge in [-0.25, -0.2) is 0 Å². The average Bonchev–Trinajstić information content (AvgIpc) is 3.34. The Balaban J connectivity index is 1.78.